The molecule has 11 rings (SSSR count). The van der Waals surface area contributed by atoms with Crippen molar-refractivity contribution in [2.45, 2.75) is 38.5 Å². The first-order valence-electron chi connectivity index (χ1n) is 20.5. The largest absolute Gasteiger partial charge is 0.310 e. The van der Waals surface area contributed by atoms with Gasteiger partial charge in [-0.3, -0.25) is 0 Å². The quantitative estimate of drug-likeness (QED) is 0.164. The van der Waals surface area contributed by atoms with E-state index in [2.05, 4.69) is 201 Å². The van der Waals surface area contributed by atoms with Crippen molar-refractivity contribution >= 4 is 50.0 Å². The minimum absolute atomic E-state index is 0.0903. The maximum Gasteiger partial charge on any atom is 0.123 e. The third-order valence-corrected chi connectivity index (χ3v) is 13.0. The lowest BCUT2D eigenvalue weighted by Gasteiger charge is -2.31. The SMILES string of the molecule is CC1(C)C2=C(c3ccccc31)C(C)(C)c1cc(N(c3ccc(-c4ccc(F)cc4)cc3)c3ccc4c(c3)c3ccccc3n4-c3ccc(-c4ccccc4)cc3)ccc12. The Morgan fingerprint density at radius 3 is 1.64 bits per heavy atom. The highest BCUT2D eigenvalue weighted by Gasteiger charge is 2.49. The lowest BCUT2D eigenvalue weighted by molar-refractivity contribution is 0.628. The van der Waals surface area contributed by atoms with Gasteiger partial charge < -0.3 is 9.47 Å². The minimum Gasteiger partial charge on any atom is -0.310 e. The first kappa shape index (κ1) is 35.2. The molecule has 0 fully saturated rings. The zero-order chi connectivity index (χ0) is 40.0. The van der Waals surface area contributed by atoms with Crippen LogP contribution in [0.15, 0.2) is 188 Å². The topological polar surface area (TPSA) is 8.17 Å². The number of aromatic nitrogens is 1. The van der Waals surface area contributed by atoms with Crippen molar-refractivity contribution in [2.24, 2.45) is 0 Å². The molecule has 0 N–H and O–H groups in total. The molecule has 284 valence electrons. The van der Waals surface area contributed by atoms with E-state index in [1.54, 1.807) is 0 Å². The molecule has 59 heavy (non-hydrogen) atoms. The molecule has 0 aliphatic heterocycles. The first-order valence-corrected chi connectivity index (χ1v) is 20.5. The van der Waals surface area contributed by atoms with Crippen molar-refractivity contribution in [3.63, 3.8) is 0 Å². The molecule has 0 unspecified atom stereocenters. The molecule has 1 heterocycles. The fourth-order valence-corrected chi connectivity index (χ4v) is 10.2. The van der Waals surface area contributed by atoms with Gasteiger partial charge in [0.25, 0.3) is 0 Å². The summed E-state index contributed by atoms with van der Waals surface area (Å²) in [5, 5.41) is 2.40. The molecule has 0 radical (unpaired) electrons. The number of hydrogen-bond acceptors (Lipinski definition) is 1. The van der Waals surface area contributed by atoms with Gasteiger partial charge in [-0.1, -0.05) is 143 Å². The molecule has 0 spiro atoms. The maximum atomic E-state index is 13.9. The number of rotatable bonds is 6. The summed E-state index contributed by atoms with van der Waals surface area (Å²) in [5.41, 5.74) is 19.2. The van der Waals surface area contributed by atoms with Gasteiger partial charge in [0.2, 0.25) is 0 Å². The highest BCUT2D eigenvalue weighted by atomic mass is 19.1. The van der Waals surface area contributed by atoms with Crippen LogP contribution in [-0.2, 0) is 10.8 Å². The molecule has 0 saturated heterocycles. The summed E-state index contributed by atoms with van der Waals surface area (Å²) in [6.45, 7) is 9.55. The van der Waals surface area contributed by atoms with Gasteiger partial charge in [-0.05, 0) is 128 Å². The lowest BCUT2D eigenvalue weighted by atomic mass is 9.76. The second kappa shape index (κ2) is 13.0. The summed E-state index contributed by atoms with van der Waals surface area (Å²) < 4.78 is 16.2. The molecule has 0 amide bonds. The fourth-order valence-electron chi connectivity index (χ4n) is 10.2. The van der Waals surface area contributed by atoms with Gasteiger partial charge in [0.05, 0.1) is 11.0 Å². The number of hydrogen-bond donors (Lipinski definition) is 0. The third-order valence-electron chi connectivity index (χ3n) is 13.0. The number of nitrogens with zero attached hydrogens (tertiary/aromatic N) is 2. The van der Waals surface area contributed by atoms with Gasteiger partial charge in [-0.2, -0.15) is 0 Å². The second-order valence-electron chi connectivity index (χ2n) is 17.1. The Bertz CT molecular complexity index is 3130. The summed E-state index contributed by atoms with van der Waals surface area (Å²) in [6, 6.07) is 66.6. The van der Waals surface area contributed by atoms with E-state index in [9.17, 15) is 4.39 Å². The smallest absolute Gasteiger partial charge is 0.123 e. The number of benzene rings is 8. The normalized spacial score (nSPS) is 14.7. The molecule has 2 aliphatic carbocycles. The highest BCUT2D eigenvalue weighted by Crippen LogP contribution is 2.63. The van der Waals surface area contributed by atoms with Crippen molar-refractivity contribution in [2.75, 3.05) is 4.90 Å². The van der Waals surface area contributed by atoms with Crippen molar-refractivity contribution in [1.82, 2.24) is 4.57 Å². The van der Waals surface area contributed by atoms with Gasteiger partial charge in [-0.25, -0.2) is 4.39 Å². The molecular formula is C56H43FN2. The lowest BCUT2D eigenvalue weighted by Crippen LogP contribution is -2.20. The number of anilines is 3. The third kappa shape index (κ3) is 5.38. The van der Waals surface area contributed by atoms with E-state index in [-0.39, 0.29) is 16.6 Å². The number of halogens is 1. The molecule has 2 aliphatic rings. The average molecular weight is 763 g/mol. The number of fused-ring (bicyclic) bond motifs is 7. The van der Waals surface area contributed by atoms with Crippen LogP contribution in [0.2, 0.25) is 0 Å². The van der Waals surface area contributed by atoms with Crippen LogP contribution in [0.3, 0.4) is 0 Å². The van der Waals surface area contributed by atoms with Crippen LogP contribution in [0.25, 0.3) is 60.9 Å². The van der Waals surface area contributed by atoms with Gasteiger partial charge in [0.15, 0.2) is 0 Å². The molecule has 0 bridgehead atoms. The highest BCUT2D eigenvalue weighted by molar-refractivity contribution is 6.12. The van der Waals surface area contributed by atoms with E-state index < -0.39 is 0 Å². The summed E-state index contributed by atoms with van der Waals surface area (Å²) in [6.07, 6.45) is 0. The summed E-state index contributed by atoms with van der Waals surface area (Å²) >= 11 is 0. The molecule has 1 aromatic heterocycles. The van der Waals surface area contributed by atoms with E-state index >= 15 is 0 Å². The Morgan fingerprint density at radius 1 is 0.407 bits per heavy atom. The van der Waals surface area contributed by atoms with Crippen molar-refractivity contribution in [3.05, 3.63) is 216 Å². The van der Waals surface area contributed by atoms with Crippen molar-refractivity contribution < 1.29 is 4.39 Å². The second-order valence-corrected chi connectivity index (χ2v) is 17.1. The van der Waals surface area contributed by atoms with E-state index in [0.717, 1.165) is 39.4 Å². The van der Waals surface area contributed by atoms with Crippen LogP contribution in [0, 0.1) is 5.82 Å². The number of para-hydroxylation sites is 1. The van der Waals surface area contributed by atoms with Crippen LogP contribution in [0.1, 0.15) is 49.9 Å². The molecule has 0 saturated carbocycles. The molecule has 3 heteroatoms. The predicted molar refractivity (Wildman–Crippen MR) is 246 cm³/mol. The van der Waals surface area contributed by atoms with Crippen LogP contribution >= 0.6 is 0 Å². The Balaban J connectivity index is 1.07. The number of allylic oxidation sites excluding steroid dienone is 2. The van der Waals surface area contributed by atoms with Crippen molar-refractivity contribution in [1.29, 1.82) is 0 Å². The van der Waals surface area contributed by atoms with Crippen molar-refractivity contribution in [3.8, 4) is 27.9 Å². The summed E-state index contributed by atoms with van der Waals surface area (Å²) in [4.78, 5) is 2.40. The molecular weight excluding hydrogens is 720 g/mol. The molecule has 8 aromatic carbocycles. The van der Waals surface area contributed by atoms with Crippen LogP contribution in [0.4, 0.5) is 21.5 Å². The summed E-state index contributed by atoms with van der Waals surface area (Å²) in [5.74, 6) is -0.232. The average Bonchev–Trinajstić information content (AvgIpc) is 3.82. The monoisotopic (exact) mass is 762 g/mol. The Morgan fingerprint density at radius 2 is 0.915 bits per heavy atom. The maximum absolute atomic E-state index is 13.9. The van der Waals surface area contributed by atoms with E-state index in [4.69, 9.17) is 0 Å². The van der Waals surface area contributed by atoms with E-state index in [1.807, 2.05) is 12.1 Å². The standard InChI is InChI=1S/C56H43FN2/c1-55(2)49-16-10-8-15-46(49)53-54(55)47-32-30-44(35-50(47)56(53,3)4)58(41-26-20-39(21-27-41)37-18-24-40(57)25-19-37)43-31-33-52-48(34-43)45-14-9-11-17-51(45)59(52)42-28-22-38(23-29-42)36-12-6-5-7-13-36/h5-35H,1-4H3. The Kier molecular flexibility index (Phi) is 7.77. The van der Waals surface area contributed by atoms with E-state index in [0.29, 0.717) is 0 Å². The van der Waals surface area contributed by atoms with Gasteiger partial charge >= 0.3 is 0 Å². The van der Waals surface area contributed by atoms with Crippen LogP contribution in [0.5, 0.6) is 0 Å². The Labute approximate surface area is 345 Å². The Hall–Kier alpha value is -6.97. The first-order chi connectivity index (χ1) is 28.7. The fraction of sp³-hybridized carbons (Fsp3) is 0.107. The van der Waals surface area contributed by atoms with Crippen LogP contribution < -0.4 is 4.90 Å². The van der Waals surface area contributed by atoms with Gasteiger partial charge in [-0.15, -0.1) is 0 Å². The summed E-state index contributed by atoms with van der Waals surface area (Å²) in [7, 11) is 0. The zero-order valence-corrected chi connectivity index (χ0v) is 33.7. The van der Waals surface area contributed by atoms with E-state index in [1.165, 1.54) is 72.9 Å². The van der Waals surface area contributed by atoms with Gasteiger partial charge in [0.1, 0.15) is 5.82 Å². The molecule has 2 nitrogen and oxygen atoms in total. The van der Waals surface area contributed by atoms with Gasteiger partial charge in [0, 0.05) is 44.4 Å². The zero-order valence-electron chi connectivity index (χ0n) is 33.7. The van der Waals surface area contributed by atoms with Crippen LogP contribution in [-0.4, -0.2) is 4.57 Å². The molecule has 0 atom stereocenters. The molecule has 9 aromatic rings. The minimum atomic E-state index is -0.232. The predicted octanol–water partition coefficient (Wildman–Crippen LogP) is 15.2.